The molecule has 4 nitrogen and oxygen atoms in total. The molecular weight excluding hydrogens is 212 g/mol. The third-order valence-corrected chi connectivity index (χ3v) is 3.51. The molecule has 2 rings (SSSR count). The Labute approximate surface area is 103 Å². The van der Waals surface area contributed by atoms with Crippen molar-refractivity contribution in [3.63, 3.8) is 0 Å². The van der Waals surface area contributed by atoms with Crippen molar-refractivity contribution in [2.24, 2.45) is 5.73 Å². The van der Waals surface area contributed by atoms with Gasteiger partial charge in [0, 0.05) is 31.0 Å². The van der Waals surface area contributed by atoms with E-state index in [0.717, 1.165) is 31.9 Å². The van der Waals surface area contributed by atoms with Crippen LogP contribution in [0.2, 0.25) is 0 Å². The number of hydrogen-bond acceptors (Lipinski definition) is 4. The zero-order chi connectivity index (χ0) is 12.5. The maximum Gasteiger partial charge on any atom is 0.225 e. The molecule has 0 aliphatic carbocycles. The molecule has 0 bridgehead atoms. The van der Waals surface area contributed by atoms with Gasteiger partial charge in [-0.15, -0.1) is 0 Å². The number of piperidine rings is 1. The van der Waals surface area contributed by atoms with Gasteiger partial charge in [0.05, 0.1) is 0 Å². The maximum absolute atomic E-state index is 6.11. The van der Waals surface area contributed by atoms with Gasteiger partial charge in [-0.2, -0.15) is 0 Å². The van der Waals surface area contributed by atoms with Crippen LogP contribution in [0.4, 0.5) is 5.95 Å². The summed E-state index contributed by atoms with van der Waals surface area (Å²) >= 11 is 0. The fourth-order valence-corrected chi connectivity index (χ4v) is 2.01. The minimum absolute atomic E-state index is 0.0195. The van der Waals surface area contributed by atoms with E-state index in [0.29, 0.717) is 5.92 Å². The minimum Gasteiger partial charge on any atom is -0.341 e. The highest BCUT2D eigenvalue weighted by Crippen LogP contribution is 2.22. The van der Waals surface area contributed by atoms with E-state index in [9.17, 15) is 0 Å². The van der Waals surface area contributed by atoms with Crippen LogP contribution in [0.1, 0.15) is 45.1 Å². The van der Waals surface area contributed by atoms with Crippen LogP contribution < -0.4 is 10.6 Å². The van der Waals surface area contributed by atoms with E-state index in [2.05, 4.69) is 35.6 Å². The molecule has 94 valence electrons. The van der Waals surface area contributed by atoms with E-state index in [1.165, 1.54) is 5.56 Å². The molecule has 17 heavy (non-hydrogen) atoms. The molecule has 2 heterocycles. The normalized spacial score (nSPS) is 19.7. The molecule has 1 aliphatic heterocycles. The lowest BCUT2D eigenvalue weighted by Crippen LogP contribution is -2.48. The fourth-order valence-electron chi connectivity index (χ4n) is 2.01. The molecular formula is C13H22N4. The molecule has 2 N–H and O–H groups in total. The van der Waals surface area contributed by atoms with Crippen molar-refractivity contribution in [2.75, 3.05) is 18.0 Å². The molecule has 0 radical (unpaired) electrons. The van der Waals surface area contributed by atoms with E-state index in [-0.39, 0.29) is 5.54 Å². The maximum atomic E-state index is 6.11. The second-order valence-corrected chi connectivity index (χ2v) is 5.61. The summed E-state index contributed by atoms with van der Waals surface area (Å²) in [4.78, 5) is 11.1. The predicted octanol–water partition coefficient (Wildman–Crippen LogP) is 1.92. The first-order chi connectivity index (χ1) is 7.98. The Balaban J connectivity index is 2.04. The number of anilines is 1. The summed E-state index contributed by atoms with van der Waals surface area (Å²) in [7, 11) is 0. The quantitative estimate of drug-likeness (QED) is 0.849. The number of nitrogens with zero attached hydrogens (tertiary/aromatic N) is 3. The van der Waals surface area contributed by atoms with Crippen molar-refractivity contribution in [3.8, 4) is 0 Å². The van der Waals surface area contributed by atoms with Gasteiger partial charge in [-0.05, 0) is 31.2 Å². The molecule has 0 amide bonds. The van der Waals surface area contributed by atoms with Gasteiger partial charge in [0.15, 0.2) is 0 Å². The second kappa shape index (κ2) is 4.61. The average molecular weight is 234 g/mol. The van der Waals surface area contributed by atoms with Crippen LogP contribution in [0.25, 0.3) is 0 Å². The number of hydrogen-bond donors (Lipinski definition) is 1. The van der Waals surface area contributed by atoms with E-state index >= 15 is 0 Å². The van der Waals surface area contributed by atoms with Gasteiger partial charge in [-0.3, -0.25) is 0 Å². The summed E-state index contributed by atoms with van der Waals surface area (Å²) in [6, 6.07) is 0. The van der Waals surface area contributed by atoms with Crippen LogP contribution in [0.5, 0.6) is 0 Å². The summed E-state index contributed by atoms with van der Waals surface area (Å²) in [5, 5.41) is 0. The SMILES string of the molecule is CC(C)c1cnc(N2CCC(C)(N)CC2)nc1. The average Bonchev–Trinajstić information content (AvgIpc) is 2.29. The lowest BCUT2D eigenvalue weighted by Gasteiger charge is -2.36. The van der Waals surface area contributed by atoms with Gasteiger partial charge >= 0.3 is 0 Å². The van der Waals surface area contributed by atoms with Gasteiger partial charge in [0.25, 0.3) is 0 Å². The Hall–Kier alpha value is -1.16. The molecule has 0 aromatic carbocycles. The summed E-state index contributed by atoms with van der Waals surface area (Å²) in [5.74, 6) is 1.32. The standard InChI is InChI=1S/C13H22N4/c1-10(2)11-8-15-12(16-9-11)17-6-4-13(3,14)5-7-17/h8-10H,4-7,14H2,1-3H3. The topological polar surface area (TPSA) is 55.0 Å². The zero-order valence-corrected chi connectivity index (χ0v) is 11.0. The highest BCUT2D eigenvalue weighted by atomic mass is 15.3. The fraction of sp³-hybridized carbons (Fsp3) is 0.692. The van der Waals surface area contributed by atoms with Crippen molar-refractivity contribution in [1.82, 2.24) is 9.97 Å². The van der Waals surface area contributed by atoms with E-state index in [1.54, 1.807) is 0 Å². The van der Waals surface area contributed by atoms with Crippen molar-refractivity contribution >= 4 is 5.95 Å². The first kappa shape index (κ1) is 12.3. The van der Waals surface area contributed by atoms with Crippen LogP contribution in [0.3, 0.4) is 0 Å². The minimum atomic E-state index is -0.0195. The van der Waals surface area contributed by atoms with Crippen LogP contribution in [0, 0.1) is 0 Å². The van der Waals surface area contributed by atoms with E-state index < -0.39 is 0 Å². The van der Waals surface area contributed by atoms with Gasteiger partial charge in [-0.1, -0.05) is 13.8 Å². The van der Waals surface area contributed by atoms with Gasteiger partial charge < -0.3 is 10.6 Å². The summed E-state index contributed by atoms with van der Waals surface area (Å²) in [5.41, 5.74) is 7.28. The van der Waals surface area contributed by atoms with Gasteiger partial charge in [-0.25, -0.2) is 9.97 Å². The number of rotatable bonds is 2. The highest BCUT2D eigenvalue weighted by Gasteiger charge is 2.26. The molecule has 0 unspecified atom stereocenters. The van der Waals surface area contributed by atoms with E-state index in [1.807, 2.05) is 12.4 Å². The van der Waals surface area contributed by atoms with Crippen molar-refractivity contribution in [1.29, 1.82) is 0 Å². The molecule has 1 aliphatic rings. The van der Waals surface area contributed by atoms with Crippen LogP contribution in [-0.4, -0.2) is 28.6 Å². The van der Waals surface area contributed by atoms with Crippen molar-refractivity contribution in [2.45, 2.75) is 45.1 Å². The Bertz CT molecular complexity index is 360. The van der Waals surface area contributed by atoms with Gasteiger partial charge in [0.1, 0.15) is 0 Å². The van der Waals surface area contributed by atoms with Gasteiger partial charge in [0.2, 0.25) is 5.95 Å². The monoisotopic (exact) mass is 234 g/mol. The van der Waals surface area contributed by atoms with Crippen LogP contribution in [0.15, 0.2) is 12.4 Å². The molecule has 0 saturated carbocycles. The molecule has 1 saturated heterocycles. The smallest absolute Gasteiger partial charge is 0.225 e. The zero-order valence-electron chi connectivity index (χ0n) is 11.0. The molecule has 1 aromatic rings. The summed E-state index contributed by atoms with van der Waals surface area (Å²) in [6.45, 7) is 8.33. The van der Waals surface area contributed by atoms with Crippen LogP contribution >= 0.6 is 0 Å². The number of aromatic nitrogens is 2. The Kier molecular flexibility index (Phi) is 3.33. The van der Waals surface area contributed by atoms with E-state index in [4.69, 9.17) is 5.73 Å². The Morgan fingerprint density at radius 2 is 1.76 bits per heavy atom. The largest absolute Gasteiger partial charge is 0.341 e. The third kappa shape index (κ3) is 2.94. The molecule has 1 fully saturated rings. The molecule has 1 aromatic heterocycles. The first-order valence-corrected chi connectivity index (χ1v) is 6.34. The lowest BCUT2D eigenvalue weighted by molar-refractivity contribution is 0.362. The highest BCUT2D eigenvalue weighted by molar-refractivity contribution is 5.31. The lowest BCUT2D eigenvalue weighted by atomic mass is 9.91. The Morgan fingerprint density at radius 1 is 1.24 bits per heavy atom. The molecule has 0 atom stereocenters. The summed E-state index contributed by atoms with van der Waals surface area (Å²) < 4.78 is 0. The Morgan fingerprint density at radius 3 is 2.24 bits per heavy atom. The first-order valence-electron chi connectivity index (χ1n) is 6.34. The summed E-state index contributed by atoms with van der Waals surface area (Å²) in [6.07, 6.45) is 5.87. The predicted molar refractivity (Wildman–Crippen MR) is 70.2 cm³/mol. The third-order valence-electron chi connectivity index (χ3n) is 3.51. The second-order valence-electron chi connectivity index (χ2n) is 5.61. The molecule has 4 heteroatoms. The van der Waals surface area contributed by atoms with Crippen molar-refractivity contribution in [3.05, 3.63) is 18.0 Å². The van der Waals surface area contributed by atoms with Crippen LogP contribution in [-0.2, 0) is 0 Å². The number of nitrogens with two attached hydrogens (primary N) is 1. The molecule has 0 spiro atoms. The van der Waals surface area contributed by atoms with Crippen molar-refractivity contribution < 1.29 is 0 Å².